The van der Waals surface area contributed by atoms with E-state index < -0.39 is 0 Å². The molecule has 0 bridgehead atoms. The molecule has 0 spiro atoms. The summed E-state index contributed by atoms with van der Waals surface area (Å²) in [5.41, 5.74) is 0. The Bertz CT molecular complexity index is 50.5. The molecule has 0 radical (unpaired) electrons. The van der Waals surface area contributed by atoms with Crippen LogP contribution in [0.15, 0.2) is 0 Å². The summed E-state index contributed by atoms with van der Waals surface area (Å²) in [5, 5.41) is 0. The van der Waals surface area contributed by atoms with Crippen LogP contribution in [0.4, 0.5) is 0 Å². The number of halogens is 1. The zero-order valence-corrected chi connectivity index (χ0v) is 9.75. The predicted octanol–water partition coefficient (Wildman–Crippen LogP) is -0.710. The van der Waals surface area contributed by atoms with Crippen molar-refractivity contribution in [1.29, 1.82) is 0 Å². The normalized spacial score (nSPS) is 22.2. The first-order valence-electron chi connectivity index (χ1n) is 3.22. The Labute approximate surface area is 71.9 Å². The second kappa shape index (κ2) is 4.93. The van der Waals surface area contributed by atoms with Crippen molar-refractivity contribution in [3.05, 3.63) is 0 Å². The van der Waals surface area contributed by atoms with E-state index in [4.69, 9.17) is 0 Å². The molecule has 1 fully saturated rings. The molecule has 8 heavy (non-hydrogen) atoms. The molecule has 0 aromatic rings. The molecule has 1 rings (SSSR count). The monoisotopic (exact) mass is 226 g/mol. The molecule has 0 nitrogen and oxygen atoms in total. The Kier molecular flexibility index (Phi) is 5.61. The van der Waals surface area contributed by atoms with E-state index in [1.165, 1.54) is 19.3 Å². The van der Waals surface area contributed by atoms with Gasteiger partial charge >= 0.3 is 54.9 Å². The molecule has 0 N–H and O–H groups in total. The van der Waals surface area contributed by atoms with Gasteiger partial charge in [0.05, 0.1) is 0 Å². The molecule has 2 heteroatoms. The second-order valence-corrected chi connectivity index (χ2v) is 4.93. The van der Waals surface area contributed by atoms with Crippen molar-refractivity contribution in [3.63, 3.8) is 0 Å². The Hall–Kier alpha value is 1.10. The summed E-state index contributed by atoms with van der Waals surface area (Å²) in [5.74, 6) is 0. The summed E-state index contributed by atoms with van der Waals surface area (Å²) in [6.45, 7) is 0. The fourth-order valence-electron chi connectivity index (χ4n) is 1.19. The van der Waals surface area contributed by atoms with Gasteiger partial charge in [0.15, 0.2) is 0 Å². The van der Waals surface area contributed by atoms with Crippen molar-refractivity contribution in [2.45, 2.75) is 36.6 Å². The van der Waals surface area contributed by atoms with E-state index >= 15 is 0 Å². The maximum atomic E-state index is 1.54. The van der Waals surface area contributed by atoms with E-state index in [0.29, 0.717) is 0 Å². The van der Waals surface area contributed by atoms with Crippen LogP contribution < -0.4 is 17.0 Å². The van der Waals surface area contributed by atoms with Crippen molar-refractivity contribution < 1.29 is 35.3 Å². The standard InChI is InChI=1S/C6H11.BrH.Zn/c1-2-4-6-5-3-1;;/h1H,2-6H2;1H;/q;;+1/p-1. The van der Waals surface area contributed by atoms with E-state index in [1.54, 1.807) is 31.1 Å². The van der Waals surface area contributed by atoms with E-state index in [-0.39, 0.29) is 17.0 Å². The van der Waals surface area contributed by atoms with Crippen molar-refractivity contribution in [3.8, 4) is 0 Å². The third kappa shape index (κ3) is 3.19. The summed E-state index contributed by atoms with van der Waals surface area (Å²) < 4.78 is 1.16. The molecular weight excluding hydrogens is 217 g/mol. The Balaban J connectivity index is 0.000000490. The molecule has 1 aliphatic rings. The molecule has 0 atom stereocenters. The van der Waals surface area contributed by atoms with Crippen LogP contribution in [0.3, 0.4) is 0 Å². The quantitative estimate of drug-likeness (QED) is 0.481. The fraction of sp³-hybridized carbons (Fsp3) is 1.00. The molecule has 0 aromatic heterocycles. The van der Waals surface area contributed by atoms with Crippen LogP contribution in [0.1, 0.15) is 32.1 Å². The zero-order chi connectivity index (χ0) is 5.11. The van der Waals surface area contributed by atoms with Crippen molar-refractivity contribution in [1.82, 2.24) is 0 Å². The van der Waals surface area contributed by atoms with Crippen LogP contribution in [-0.4, -0.2) is 0 Å². The SMILES string of the molecule is [Br-].[Zn+][CH]1CCCCC1. The van der Waals surface area contributed by atoms with Crippen molar-refractivity contribution >= 4 is 0 Å². The zero-order valence-electron chi connectivity index (χ0n) is 5.20. The molecule has 0 heterocycles. The summed E-state index contributed by atoms with van der Waals surface area (Å²) in [7, 11) is 0. The predicted molar refractivity (Wildman–Crippen MR) is 26.8 cm³/mol. The van der Waals surface area contributed by atoms with Crippen LogP contribution in [0.25, 0.3) is 0 Å². The van der Waals surface area contributed by atoms with Gasteiger partial charge in [0.1, 0.15) is 0 Å². The van der Waals surface area contributed by atoms with Crippen LogP contribution >= 0.6 is 0 Å². The van der Waals surface area contributed by atoms with E-state index in [1.807, 2.05) is 0 Å². The van der Waals surface area contributed by atoms with Gasteiger partial charge in [0.2, 0.25) is 0 Å². The molecule has 1 saturated carbocycles. The van der Waals surface area contributed by atoms with Crippen LogP contribution in [0, 0.1) is 0 Å². The van der Waals surface area contributed by atoms with Gasteiger partial charge < -0.3 is 17.0 Å². The minimum atomic E-state index is 0. The maximum absolute atomic E-state index is 1.54. The summed E-state index contributed by atoms with van der Waals surface area (Å²) in [6.07, 6.45) is 7.63. The molecule has 1 aliphatic carbocycles. The first-order valence-corrected chi connectivity index (χ1v) is 4.94. The Morgan fingerprint density at radius 1 is 1.00 bits per heavy atom. The average Bonchev–Trinajstić information content (AvgIpc) is 1.69. The third-order valence-corrected chi connectivity index (χ3v) is 3.44. The number of hydrogen-bond donors (Lipinski definition) is 0. The topological polar surface area (TPSA) is 0 Å². The molecule has 0 unspecified atom stereocenters. The van der Waals surface area contributed by atoms with Gasteiger partial charge in [-0.15, -0.1) is 0 Å². The van der Waals surface area contributed by atoms with Gasteiger partial charge in [-0.1, -0.05) is 0 Å². The summed E-state index contributed by atoms with van der Waals surface area (Å²) >= 11 is 1.54. The molecule has 0 aromatic carbocycles. The van der Waals surface area contributed by atoms with Crippen molar-refractivity contribution in [2.24, 2.45) is 0 Å². The van der Waals surface area contributed by atoms with Crippen LogP contribution in [0.5, 0.6) is 0 Å². The van der Waals surface area contributed by atoms with Gasteiger partial charge in [-0.3, -0.25) is 0 Å². The molecule has 0 saturated heterocycles. The summed E-state index contributed by atoms with van der Waals surface area (Å²) in [6, 6.07) is 0. The van der Waals surface area contributed by atoms with Crippen LogP contribution in [-0.2, 0) is 18.3 Å². The first-order chi connectivity index (χ1) is 3.39. The fourth-order valence-corrected chi connectivity index (χ4v) is 2.40. The Morgan fingerprint density at radius 2 is 1.50 bits per heavy atom. The average molecular weight is 228 g/mol. The van der Waals surface area contributed by atoms with Gasteiger partial charge in [-0.2, -0.15) is 0 Å². The van der Waals surface area contributed by atoms with E-state index in [2.05, 4.69) is 0 Å². The van der Waals surface area contributed by atoms with E-state index in [0.717, 1.165) is 4.51 Å². The van der Waals surface area contributed by atoms with E-state index in [9.17, 15) is 0 Å². The van der Waals surface area contributed by atoms with Gasteiger partial charge in [0, 0.05) is 0 Å². The minimum absolute atomic E-state index is 0. The molecule has 0 aliphatic heterocycles. The Morgan fingerprint density at radius 3 is 1.75 bits per heavy atom. The van der Waals surface area contributed by atoms with Crippen molar-refractivity contribution in [2.75, 3.05) is 0 Å². The molecule has 44 valence electrons. The van der Waals surface area contributed by atoms with Gasteiger partial charge in [-0.05, 0) is 0 Å². The number of rotatable bonds is 0. The van der Waals surface area contributed by atoms with Gasteiger partial charge in [0.25, 0.3) is 0 Å². The first kappa shape index (κ1) is 9.10. The third-order valence-electron chi connectivity index (χ3n) is 1.72. The number of hydrogen-bond acceptors (Lipinski definition) is 0. The molecule has 0 amide bonds. The summed E-state index contributed by atoms with van der Waals surface area (Å²) in [4.78, 5) is 0. The second-order valence-electron chi connectivity index (χ2n) is 2.50. The molecular formula is C6H11BrZn. The van der Waals surface area contributed by atoms with Gasteiger partial charge in [-0.25, -0.2) is 0 Å². The van der Waals surface area contributed by atoms with Crippen LogP contribution in [0.2, 0.25) is 4.51 Å².